The van der Waals surface area contributed by atoms with Crippen molar-refractivity contribution in [1.29, 1.82) is 0 Å². The lowest BCUT2D eigenvalue weighted by molar-refractivity contribution is -0.684. The Hall–Kier alpha value is -2.60. The first-order valence-corrected chi connectivity index (χ1v) is 6.87. The second-order valence-corrected chi connectivity index (χ2v) is 5.03. The Balaban J connectivity index is 2.11. The molecular weight excluding hydrogens is 306 g/mol. The molecular formula is C15H15ClN3O3+. The SMILES string of the molecule is CC(=O)Nc1cc(O)c(NC(=O)C[n+]2ccccc2)cc1Cl. The van der Waals surface area contributed by atoms with Gasteiger partial charge in [0.1, 0.15) is 5.75 Å². The fourth-order valence-corrected chi connectivity index (χ4v) is 2.05. The molecule has 114 valence electrons. The van der Waals surface area contributed by atoms with E-state index in [0.29, 0.717) is 0 Å². The molecule has 0 unspecified atom stereocenters. The number of pyridine rings is 1. The smallest absolute Gasteiger partial charge is 0.290 e. The number of carbonyl (C=O) groups excluding carboxylic acids is 2. The van der Waals surface area contributed by atoms with Crippen molar-refractivity contribution in [3.63, 3.8) is 0 Å². The molecule has 6 nitrogen and oxygen atoms in total. The van der Waals surface area contributed by atoms with Crippen LogP contribution in [-0.2, 0) is 16.1 Å². The van der Waals surface area contributed by atoms with E-state index in [9.17, 15) is 14.7 Å². The Labute approximate surface area is 132 Å². The van der Waals surface area contributed by atoms with Crippen LogP contribution in [-0.4, -0.2) is 16.9 Å². The average molecular weight is 321 g/mol. The van der Waals surface area contributed by atoms with Crippen LogP contribution in [0.1, 0.15) is 6.92 Å². The molecule has 2 amide bonds. The van der Waals surface area contributed by atoms with Gasteiger partial charge in [-0.05, 0) is 6.07 Å². The molecule has 0 fully saturated rings. The zero-order chi connectivity index (χ0) is 16.1. The maximum absolute atomic E-state index is 12.0. The Bertz CT molecular complexity index is 705. The van der Waals surface area contributed by atoms with Crippen molar-refractivity contribution in [3.05, 3.63) is 47.7 Å². The Morgan fingerprint density at radius 1 is 1.14 bits per heavy atom. The lowest BCUT2D eigenvalue weighted by atomic mass is 10.2. The van der Waals surface area contributed by atoms with Crippen molar-refractivity contribution in [1.82, 2.24) is 0 Å². The third-order valence-electron chi connectivity index (χ3n) is 2.77. The highest BCUT2D eigenvalue weighted by Gasteiger charge is 2.14. The molecule has 7 heteroatoms. The third-order valence-corrected chi connectivity index (χ3v) is 3.09. The summed E-state index contributed by atoms with van der Waals surface area (Å²) in [6.07, 6.45) is 3.51. The molecule has 0 spiro atoms. The fraction of sp³-hybridized carbons (Fsp3) is 0.133. The minimum atomic E-state index is -0.310. The van der Waals surface area contributed by atoms with E-state index >= 15 is 0 Å². The predicted octanol–water partition coefficient (Wildman–Crippen LogP) is 1.93. The van der Waals surface area contributed by atoms with E-state index in [1.165, 1.54) is 19.1 Å². The highest BCUT2D eigenvalue weighted by atomic mass is 35.5. The number of nitrogens with zero attached hydrogens (tertiary/aromatic N) is 1. The number of anilines is 2. The summed E-state index contributed by atoms with van der Waals surface area (Å²) >= 11 is 6.01. The number of hydrogen-bond acceptors (Lipinski definition) is 3. The van der Waals surface area contributed by atoms with Gasteiger partial charge in [-0.3, -0.25) is 9.59 Å². The number of aromatic hydroxyl groups is 1. The first-order chi connectivity index (χ1) is 10.5. The molecule has 22 heavy (non-hydrogen) atoms. The topological polar surface area (TPSA) is 82.3 Å². The van der Waals surface area contributed by atoms with Gasteiger partial charge in [-0.25, -0.2) is 0 Å². The number of hydrogen-bond donors (Lipinski definition) is 3. The van der Waals surface area contributed by atoms with Crippen molar-refractivity contribution < 1.29 is 19.3 Å². The highest BCUT2D eigenvalue weighted by Crippen LogP contribution is 2.33. The number of phenolic OH excluding ortho intramolecular Hbond substituents is 1. The molecule has 0 aliphatic rings. The summed E-state index contributed by atoms with van der Waals surface area (Å²) in [5.74, 6) is -0.798. The van der Waals surface area contributed by atoms with E-state index in [1.807, 2.05) is 18.2 Å². The average Bonchev–Trinajstić information content (AvgIpc) is 2.44. The first kappa shape index (κ1) is 15.8. The molecule has 0 saturated carbocycles. The molecule has 2 aromatic rings. The number of nitrogens with one attached hydrogen (secondary N) is 2. The van der Waals surface area contributed by atoms with Gasteiger partial charge in [0.25, 0.3) is 5.91 Å². The number of aromatic nitrogens is 1. The van der Waals surface area contributed by atoms with Crippen LogP contribution >= 0.6 is 11.6 Å². The van der Waals surface area contributed by atoms with E-state index < -0.39 is 0 Å². The Morgan fingerprint density at radius 3 is 2.45 bits per heavy atom. The van der Waals surface area contributed by atoms with E-state index in [2.05, 4.69) is 10.6 Å². The van der Waals surface area contributed by atoms with Crippen LogP contribution in [0, 0.1) is 0 Å². The van der Waals surface area contributed by atoms with Crippen molar-refractivity contribution >= 4 is 34.8 Å². The molecule has 3 N–H and O–H groups in total. The maximum atomic E-state index is 12.0. The standard InChI is InChI=1S/C15H14ClN3O3/c1-10(20)17-12-8-14(21)13(7-11(12)16)18-15(22)9-19-5-3-2-4-6-19/h2-8H,9H2,1H3,(H2-,17,18,20,21,22)/p+1. The monoisotopic (exact) mass is 320 g/mol. The van der Waals surface area contributed by atoms with Gasteiger partial charge in [-0.15, -0.1) is 0 Å². The van der Waals surface area contributed by atoms with Crippen LogP contribution in [0.15, 0.2) is 42.7 Å². The summed E-state index contributed by atoms with van der Waals surface area (Å²) < 4.78 is 1.69. The molecule has 0 atom stereocenters. The Morgan fingerprint density at radius 2 is 1.82 bits per heavy atom. The number of benzene rings is 1. The number of amides is 2. The van der Waals surface area contributed by atoms with Crippen LogP contribution in [0.4, 0.5) is 11.4 Å². The number of carbonyl (C=O) groups is 2. The summed E-state index contributed by atoms with van der Waals surface area (Å²) in [6.45, 7) is 1.44. The number of rotatable bonds is 4. The number of phenols is 1. The van der Waals surface area contributed by atoms with Gasteiger partial charge in [0.15, 0.2) is 12.4 Å². The van der Waals surface area contributed by atoms with Gasteiger partial charge in [0.2, 0.25) is 12.5 Å². The molecule has 0 radical (unpaired) electrons. The summed E-state index contributed by atoms with van der Waals surface area (Å²) in [7, 11) is 0. The summed E-state index contributed by atoms with van der Waals surface area (Å²) in [6, 6.07) is 8.14. The first-order valence-electron chi connectivity index (χ1n) is 6.50. The van der Waals surface area contributed by atoms with Crippen molar-refractivity contribution in [2.45, 2.75) is 13.5 Å². The van der Waals surface area contributed by atoms with E-state index in [4.69, 9.17) is 11.6 Å². The van der Waals surface area contributed by atoms with Crippen LogP contribution < -0.4 is 15.2 Å². The van der Waals surface area contributed by atoms with Crippen molar-refractivity contribution in [2.24, 2.45) is 0 Å². The zero-order valence-corrected chi connectivity index (χ0v) is 12.6. The van der Waals surface area contributed by atoms with Gasteiger partial charge in [-0.2, -0.15) is 4.57 Å². The van der Waals surface area contributed by atoms with E-state index in [0.717, 1.165) is 0 Å². The minimum absolute atomic E-state index is 0.103. The second kappa shape index (κ2) is 6.91. The maximum Gasteiger partial charge on any atom is 0.290 e. The zero-order valence-electron chi connectivity index (χ0n) is 11.8. The van der Waals surface area contributed by atoms with E-state index in [1.54, 1.807) is 17.0 Å². The van der Waals surface area contributed by atoms with Gasteiger partial charge < -0.3 is 15.7 Å². The largest absolute Gasteiger partial charge is 0.506 e. The molecule has 0 saturated heterocycles. The van der Waals surface area contributed by atoms with Gasteiger partial charge in [0, 0.05) is 25.1 Å². The molecule has 0 aliphatic carbocycles. The number of halogens is 1. The molecule has 1 aromatic heterocycles. The molecule has 0 aliphatic heterocycles. The lowest BCUT2D eigenvalue weighted by Gasteiger charge is -2.10. The van der Waals surface area contributed by atoms with Crippen LogP contribution in [0.2, 0.25) is 5.02 Å². The molecule has 0 bridgehead atoms. The fourth-order valence-electron chi connectivity index (χ4n) is 1.84. The predicted molar refractivity (Wildman–Crippen MR) is 82.7 cm³/mol. The van der Waals surface area contributed by atoms with Gasteiger partial charge >= 0.3 is 0 Å². The lowest BCUT2D eigenvalue weighted by Crippen LogP contribution is -2.39. The second-order valence-electron chi connectivity index (χ2n) is 4.63. The summed E-state index contributed by atoms with van der Waals surface area (Å²) in [4.78, 5) is 23.0. The molecule has 1 heterocycles. The van der Waals surface area contributed by atoms with Crippen molar-refractivity contribution in [3.8, 4) is 5.75 Å². The Kier molecular flexibility index (Phi) is 4.95. The minimum Gasteiger partial charge on any atom is -0.506 e. The van der Waals surface area contributed by atoms with Gasteiger partial charge in [-0.1, -0.05) is 17.7 Å². The van der Waals surface area contributed by atoms with Crippen LogP contribution in [0.25, 0.3) is 0 Å². The van der Waals surface area contributed by atoms with Crippen LogP contribution in [0.3, 0.4) is 0 Å². The van der Waals surface area contributed by atoms with E-state index in [-0.39, 0.29) is 40.5 Å². The summed E-state index contributed by atoms with van der Waals surface area (Å²) in [5, 5.41) is 15.2. The quantitative estimate of drug-likeness (QED) is 0.594. The summed E-state index contributed by atoms with van der Waals surface area (Å²) in [5.41, 5.74) is 0.461. The van der Waals surface area contributed by atoms with Gasteiger partial charge in [0.05, 0.1) is 16.4 Å². The normalized spacial score (nSPS) is 10.1. The van der Waals surface area contributed by atoms with Crippen molar-refractivity contribution in [2.75, 3.05) is 10.6 Å². The molecule has 2 rings (SSSR count). The highest BCUT2D eigenvalue weighted by molar-refractivity contribution is 6.34. The third kappa shape index (κ3) is 4.20. The molecule has 1 aromatic carbocycles. The van der Waals surface area contributed by atoms with Crippen LogP contribution in [0.5, 0.6) is 5.75 Å².